The van der Waals surface area contributed by atoms with E-state index in [1.165, 1.54) is 24.1 Å². The molecular formula is C41H61ClF10N4O19S6. The summed E-state index contributed by atoms with van der Waals surface area (Å²) in [5.41, 5.74) is -17.5. The number of benzene rings is 2. The fourth-order valence-corrected chi connectivity index (χ4v) is 7.62. The van der Waals surface area contributed by atoms with Gasteiger partial charge in [0.15, 0.2) is 11.6 Å². The smallest absolute Gasteiger partial charge is 0.447 e. The molecule has 0 spiro atoms. The van der Waals surface area contributed by atoms with Crippen molar-refractivity contribution in [2.24, 2.45) is 0 Å². The number of hydrogen-bond donors (Lipinski definition) is 5. The number of rotatable bonds is 17. The molecule has 0 unspecified atom stereocenters. The van der Waals surface area contributed by atoms with E-state index in [9.17, 15) is 83.9 Å². The van der Waals surface area contributed by atoms with Gasteiger partial charge in [0.25, 0.3) is 0 Å². The normalized spacial score (nSPS) is 17.4. The minimum atomic E-state index is -6.85. The van der Waals surface area contributed by atoms with Crippen LogP contribution in [0, 0.1) is 5.82 Å². The fraction of sp³-hybridized carbons (Fsp3) is 0.585. The lowest BCUT2D eigenvalue weighted by molar-refractivity contribution is -0.142. The van der Waals surface area contributed by atoms with Gasteiger partial charge >= 0.3 is 59.0 Å². The number of likely N-dealkylation sites (N-methyl/N-ethyl adjacent to an activating group) is 1. The second kappa shape index (κ2) is 34.4. The molecule has 3 aromatic rings. The zero-order chi connectivity index (χ0) is 59.0. The van der Waals surface area contributed by atoms with E-state index in [4.69, 9.17) is 50.2 Å². The molecule has 5 rings (SSSR count). The number of aromatic nitrogens is 1. The van der Waals surface area contributed by atoms with E-state index in [0.717, 1.165) is 10.8 Å². The summed E-state index contributed by atoms with van der Waals surface area (Å²) in [6.45, 7) is 5.54. The molecule has 4 atom stereocenters. The Labute approximate surface area is 484 Å². The molecule has 81 heavy (non-hydrogen) atoms. The molecule has 3 heterocycles. The van der Waals surface area contributed by atoms with Crippen LogP contribution < -0.4 is 10.6 Å². The van der Waals surface area contributed by atoms with Crippen LogP contribution >= 0.6 is 52.1 Å². The van der Waals surface area contributed by atoms with Crippen molar-refractivity contribution < 1.29 is 130 Å². The lowest BCUT2D eigenvalue weighted by atomic mass is 10.2. The number of amides is 3. The van der Waals surface area contributed by atoms with E-state index in [1.54, 1.807) is 32.2 Å². The van der Waals surface area contributed by atoms with Crippen molar-refractivity contribution in [2.75, 3.05) is 65.2 Å². The van der Waals surface area contributed by atoms with Crippen LogP contribution in [0.2, 0.25) is 5.02 Å². The van der Waals surface area contributed by atoms with Crippen molar-refractivity contribution in [3.05, 3.63) is 71.1 Å². The van der Waals surface area contributed by atoms with Crippen molar-refractivity contribution >= 4 is 111 Å². The van der Waals surface area contributed by atoms with Crippen molar-refractivity contribution in [2.45, 2.75) is 94.1 Å². The molecule has 2 aliphatic heterocycles. The Balaban J connectivity index is -0.00000115. The van der Waals surface area contributed by atoms with E-state index in [0.29, 0.717) is 18.0 Å². The first kappa shape index (κ1) is 81.7. The summed E-state index contributed by atoms with van der Waals surface area (Å²) in [7, 11) is -17.8. The van der Waals surface area contributed by atoms with Crippen LogP contribution in [-0.4, -0.2) is 175 Å². The highest BCUT2D eigenvalue weighted by Crippen LogP contribution is 2.32. The summed E-state index contributed by atoms with van der Waals surface area (Å²) in [4.78, 5) is 30.6. The number of halogens is 11. The zero-order valence-electron chi connectivity index (χ0n) is 42.0. The molecule has 1 aromatic heterocycles. The van der Waals surface area contributed by atoms with Gasteiger partial charge in [0.2, 0.25) is 0 Å². The number of hydrogen-bond acceptors (Lipinski definition) is 20. The summed E-state index contributed by atoms with van der Waals surface area (Å²) < 4.78 is 215. The topological polar surface area (TPSA) is 311 Å². The summed E-state index contributed by atoms with van der Waals surface area (Å²) in [6, 6.07) is 12.2. The second-order valence-electron chi connectivity index (χ2n) is 16.3. The minimum absolute atomic E-state index is 0. The molecule has 2 fully saturated rings. The van der Waals surface area contributed by atoms with E-state index in [2.05, 4.69) is 19.8 Å². The van der Waals surface area contributed by atoms with Gasteiger partial charge in [-0.2, -0.15) is 105 Å². The molecule has 23 nitrogen and oxygen atoms in total. The number of nitrogens with one attached hydrogen (secondary N) is 2. The summed E-state index contributed by atoms with van der Waals surface area (Å²) in [5, 5.41) is 34.0. The Morgan fingerprint density at radius 3 is 1.75 bits per heavy atom. The predicted molar refractivity (Wildman–Crippen MR) is 283 cm³/mol. The van der Waals surface area contributed by atoms with Crippen LogP contribution in [-0.2, 0) is 73.1 Å². The maximum Gasteiger partial charge on any atom is 0.524 e. The lowest BCUT2D eigenvalue weighted by Crippen LogP contribution is -2.48. The number of alkyl halides is 9. The monoisotopic (exact) mass is 1330 g/mol. The molecule has 3 amide bonds. The average Bonchev–Trinajstić information content (AvgIpc) is 3.87. The highest BCUT2D eigenvalue weighted by molar-refractivity contribution is 8.00. The van der Waals surface area contributed by atoms with Gasteiger partial charge in [0, 0.05) is 25.2 Å². The quantitative estimate of drug-likeness (QED) is 0.0591. The number of carbonyl (C=O) groups is 2. The van der Waals surface area contributed by atoms with Crippen molar-refractivity contribution in [1.82, 2.24) is 15.2 Å². The third-order valence-electron chi connectivity index (χ3n) is 9.21. The van der Waals surface area contributed by atoms with Crippen molar-refractivity contribution in [3.63, 3.8) is 0 Å². The standard InChI is InChI=1S/C25H28ClFN4O6.C7H11F3O5S.C6H12O3.C2F6O5S2.CH4.3H2S/c1-31(24(34)29-11-18-7-4-8-21(27)23(18)26)19(13-36-15-20(33)12-32)14-37-25(35)30-22-9-16-5-2-3-6-17(16)10-28-22;1-6(2)13-3-5(15-6)4-14-16(11,12)7(8,9)10;1-6(2)8-4-5(3-7)9-6;3-1(4,5)14(9,10)13-15(11,12)2(6,7)8;;;;/h2-10,19-20,32-33H,11-15H2,1H3,(H,29,34)(H,28,30,35);5H,3-4H2,1-2H3;5,7H,3-4H2,1-2H3;;1H4;3*1H2/t19-,20-;2*5-;;;;;/m001...../s1. The fourth-order valence-electron chi connectivity index (χ4n) is 5.40. The highest BCUT2D eigenvalue weighted by atomic mass is 35.5. The Hall–Kier alpha value is -3.52. The number of urea groups is 1. The molecule has 40 heteroatoms. The Morgan fingerprint density at radius 1 is 0.790 bits per heavy atom. The molecule has 0 saturated carbocycles. The van der Waals surface area contributed by atoms with E-state index in [1.807, 2.05) is 41.7 Å². The molecule has 0 radical (unpaired) electrons. The van der Waals surface area contributed by atoms with Gasteiger partial charge in [-0.3, -0.25) is 9.50 Å². The summed E-state index contributed by atoms with van der Waals surface area (Å²) in [5.74, 6) is -1.74. The molecule has 2 aromatic carbocycles. The maximum absolute atomic E-state index is 13.7. The Bertz CT molecular complexity index is 2720. The van der Waals surface area contributed by atoms with Crippen LogP contribution in [0.5, 0.6) is 0 Å². The molecular weight excluding hydrogens is 1270 g/mol. The molecule has 472 valence electrons. The van der Waals surface area contributed by atoms with Gasteiger partial charge in [0.1, 0.15) is 36.6 Å². The number of nitrogens with zero attached hydrogens (tertiary/aromatic N) is 2. The third kappa shape index (κ3) is 27.8. The maximum atomic E-state index is 13.7. The number of aliphatic hydroxyl groups excluding tert-OH is 3. The lowest BCUT2D eigenvalue weighted by Gasteiger charge is -2.28. The van der Waals surface area contributed by atoms with Crippen LogP contribution in [0.4, 0.5) is 59.3 Å². The number of aliphatic hydroxyl groups is 3. The molecule has 2 aliphatic rings. The first-order chi connectivity index (χ1) is 35.2. The largest absolute Gasteiger partial charge is 0.524 e. The van der Waals surface area contributed by atoms with Gasteiger partial charge < -0.3 is 54.0 Å². The van der Waals surface area contributed by atoms with Gasteiger partial charge in [-0.15, -0.1) is 3.63 Å². The Kier molecular flexibility index (Phi) is 34.7. The third-order valence-corrected chi connectivity index (χ3v) is 13.2. The minimum Gasteiger partial charge on any atom is -0.447 e. The van der Waals surface area contributed by atoms with Gasteiger partial charge in [-0.1, -0.05) is 55.4 Å². The Morgan fingerprint density at radius 2 is 1.30 bits per heavy atom. The molecule has 2 saturated heterocycles. The van der Waals surface area contributed by atoms with Crippen LogP contribution in [0.1, 0.15) is 40.7 Å². The SMILES string of the molecule is C.CC1(C)OC[C@@H](CO)O1.CC1(C)OC[C@@H](COS(=O)(=O)C(F)(F)F)O1.CN(C(=O)NCc1cccc(F)c1Cl)[C@@H](COC[C@@H](O)CO)COC(=O)Nc1cc2ccccc2cn1.O=S(=O)(OS(=O)(=O)C(F)(F)F)C(F)(F)F.S.S.S. The first-order valence-corrected chi connectivity index (χ1v) is 25.9. The zero-order valence-corrected chi connectivity index (χ0v) is 48.2. The number of fused-ring (bicyclic) bond motifs is 1. The van der Waals surface area contributed by atoms with Crippen LogP contribution in [0.25, 0.3) is 10.8 Å². The molecule has 0 bridgehead atoms. The van der Waals surface area contributed by atoms with E-state index >= 15 is 0 Å². The first-order valence-electron chi connectivity index (χ1n) is 21.3. The van der Waals surface area contributed by atoms with Crippen molar-refractivity contribution in [1.29, 1.82) is 0 Å². The predicted octanol–water partition coefficient (Wildman–Crippen LogP) is 5.97. The molecule has 5 N–H and O–H groups in total. The second-order valence-corrected chi connectivity index (χ2v) is 21.6. The average molecular weight is 1330 g/mol. The van der Waals surface area contributed by atoms with Gasteiger partial charge in [-0.05, 0) is 50.8 Å². The number of pyridine rings is 1. The van der Waals surface area contributed by atoms with E-state index < -0.39 is 108 Å². The van der Waals surface area contributed by atoms with Gasteiger partial charge in [-0.25, -0.2) is 19.0 Å². The van der Waals surface area contributed by atoms with Crippen LogP contribution in [0.3, 0.4) is 0 Å². The summed E-state index contributed by atoms with van der Waals surface area (Å²) >= 11 is 5.94. The summed E-state index contributed by atoms with van der Waals surface area (Å²) in [6.07, 6.45) is -1.22. The van der Waals surface area contributed by atoms with Crippen LogP contribution in [0.15, 0.2) is 54.7 Å². The number of ether oxygens (including phenoxy) is 6. The van der Waals surface area contributed by atoms with Gasteiger partial charge in [0.05, 0.1) is 57.3 Å². The molecule has 0 aliphatic carbocycles. The number of anilines is 1. The van der Waals surface area contributed by atoms with E-state index in [-0.39, 0.29) is 98.6 Å². The highest BCUT2D eigenvalue weighted by Gasteiger charge is 2.57. The number of carbonyl (C=O) groups excluding carboxylic acids is 2. The van der Waals surface area contributed by atoms with Crippen molar-refractivity contribution in [3.8, 4) is 0 Å².